The summed E-state index contributed by atoms with van der Waals surface area (Å²) in [6.07, 6.45) is 2.29. The molecule has 1 fully saturated rings. The van der Waals surface area contributed by atoms with Gasteiger partial charge in [0.25, 0.3) is 0 Å². The molecule has 0 radical (unpaired) electrons. The van der Waals surface area contributed by atoms with Crippen LogP contribution >= 0.6 is 0 Å². The van der Waals surface area contributed by atoms with Crippen LogP contribution in [0.15, 0.2) is 27.8 Å². The Kier molecular flexibility index (Phi) is 3.08. The number of benzene rings is 1. The normalized spacial score (nSPS) is 19.5. The molecule has 0 bridgehead atoms. The fraction of sp³-hybridized carbons (Fsp3) is 0.385. The maximum absolute atomic E-state index is 11.3. The average Bonchev–Trinajstić information content (AvgIpc) is 2.42. The van der Waals surface area contributed by atoms with Gasteiger partial charge in [-0.15, -0.1) is 0 Å². The van der Waals surface area contributed by atoms with Crippen LogP contribution < -0.4 is 21.8 Å². The Balaban J connectivity index is 1.90. The Hall–Kier alpha value is -2.08. The van der Waals surface area contributed by atoms with Gasteiger partial charge in [0.05, 0.1) is 11.0 Å². The third-order valence-electron chi connectivity index (χ3n) is 3.39. The highest BCUT2D eigenvalue weighted by molar-refractivity contribution is 5.78. The average molecular weight is 260 g/mol. The molecule has 0 saturated carbocycles. The number of hydrogen-bond donors (Lipinski definition) is 4. The molecule has 1 saturated heterocycles. The Morgan fingerprint density at radius 2 is 1.89 bits per heavy atom. The Labute approximate surface area is 109 Å². The first-order valence-corrected chi connectivity index (χ1v) is 6.46. The molecule has 3 rings (SSSR count). The zero-order valence-corrected chi connectivity index (χ0v) is 10.5. The van der Waals surface area contributed by atoms with Crippen LogP contribution in [-0.2, 0) is 0 Å². The Morgan fingerprint density at radius 3 is 2.63 bits per heavy atom. The number of anilines is 1. The minimum absolute atomic E-state index is 0.403. The van der Waals surface area contributed by atoms with Crippen LogP contribution in [0.1, 0.15) is 12.8 Å². The zero-order valence-electron chi connectivity index (χ0n) is 10.5. The van der Waals surface area contributed by atoms with E-state index in [1.165, 1.54) is 0 Å². The fourth-order valence-electron chi connectivity index (χ4n) is 2.42. The standard InChI is InChI=1S/C13H16N4O2/c18-12-13(19)17-11-6-8(3-4-10(11)16-12)15-9-2-1-5-14-7-9/h3-4,6,9,14-15H,1-2,5,7H2,(H,16,18)(H,17,19). The maximum atomic E-state index is 11.3. The molecule has 2 aromatic rings. The molecule has 6 heteroatoms. The van der Waals surface area contributed by atoms with Crippen LogP contribution in [0.4, 0.5) is 5.69 Å². The highest BCUT2D eigenvalue weighted by Gasteiger charge is 2.12. The predicted octanol–water partition coefficient (Wildman–Crippen LogP) is 0.380. The molecule has 1 aliphatic rings. The van der Waals surface area contributed by atoms with Crippen molar-refractivity contribution in [3.05, 3.63) is 38.9 Å². The lowest BCUT2D eigenvalue weighted by Gasteiger charge is -2.24. The molecule has 0 aliphatic carbocycles. The third kappa shape index (κ3) is 2.53. The van der Waals surface area contributed by atoms with E-state index < -0.39 is 11.1 Å². The number of fused-ring (bicyclic) bond motifs is 1. The van der Waals surface area contributed by atoms with Gasteiger partial charge in [-0.3, -0.25) is 9.59 Å². The van der Waals surface area contributed by atoms with Crippen LogP contribution in [0.5, 0.6) is 0 Å². The summed E-state index contributed by atoms with van der Waals surface area (Å²) in [5.41, 5.74) is 0.979. The van der Waals surface area contributed by atoms with Gasteiger partial charge < -0.3 is 20.6 Å². The number of hydrogen-bond acceptors (Lipinski definition) is 4. The second-order valence-electron chi connectivity index (χ2n) is 4.86. The monoisotopic (exact) mass is 260 g/mol. The van der Waals surface area contributed by atoms with Gasteiger partial charge in [-0.05, 0) is 37.6 Å². The number of H-pyrrole nitrogens is 2. The summed E-state index contributed by atoms with van der Waals surface area (Å²) in [5.74, 6) is 0. The lowest BCUT2D eigenvalue weighted by Crippen LogP contribution is -2.38. The van der Waals surface area contributed by atoms with Gasteiger partial charge in [0, 0.05) is 18.3 Å². The summed E-state index contributed by atoms with van der Waals surface area (Å²) in [6, 6.07) is 5.96. The quantitative estimate of drug-likeness (QED) is 0.588. The molecule has 1 aliphatic heterocycles. The van der Waals surface area contributed by atoms with E-state index in [1.807, 2.05) is 12.1 Å². The number of piperidine rings is 1. The first kappa shape index (κ1) is 12.0. The van der Waals surface area contributed by atoms with Crippen molar-refractivity contribution in [2.45, 2.75) is 18.9 Å². The lowest BCUT2D eigenvalue weighted by molar-refractivity contribution is 0.480. The largest absolute Gasteiger partial charge is 0.381 e. The minimum atomic E-state index is -0.621. The summed E-state index contributed by atoms with van der Waals surface area (Å²) in [6.45, 7) is 2.02. The van der Waals surface area contributed by atoms with Crippen molar-refractivity contribution in [3.8, 4) is 0 Å². The van der Waals surface area contributed by atoms with E-state index in [0.717, 1.165) is 31.6 Å². The van der Waals surface area contributed by atoms with Crippen molar-refractivity contribution < 1.29 is 0 Å². The molecule has 1 unspecified atom stereocenters. The maximum Gasteiger partial charge on any atom is 0.314 e. The smallest absolute Gasteiger partial charge is 0.314 e. The van der Waals surface area contributed by atoms with E-state index in [0.29, 0.717) is 17.1 Å². The van der Waals surface area contributed by atoms with Crippen molar-refractivity contribution in [2.75, 3.05) is 18.4 Å². The molecule has 19 heavy (non-hydrogen) atoms. The minimum Gasteiger partial charge on any atom is -0.381 e. The third-order valence-corrected chi connectivity index (χ3v) is 3.39. The summed E-state index contributed by atoms with van der Waals surface area (Å²) < 4.78 is 0. The second kappa shape index (κ2) is 4.89. The van der Waals surface area contributed by atoms with Gasteiger partial charge in [-0.25, -0.2) is 0 Å². The van der Waals surface area contributed by atoms with Crippen molar-refractivity contribution in [1.82, 2.24) is 15.3 Å². The van der Waals surface area contributed by atoms with Crippen molar-refractivity contribution >= 4 is 16.7 Å². The van der Waals surface area contributed by atoms with E-state index in [2.05, 4.69) is 20.6 Å². The highest BCUT2D eigenvalue weighted by atomic mass is 16.2. The van der Waals surface area contributed by atoms with E-state index in [1.54, 1.807) is 6.07 Å². The summed E-state index contributed by atoms with van der Waals surface area (Å²) >= 11 is 0. The summed E-state index contributed by atoms with van der Waals surface area (Å²) in [7, 11) is 0. The molecule has 0 amide bonds. The zero-order chi connectivity index (χ0) is 13.2. The van der Waals surface area contributed by atoms with Crippen LogP contribution in [-0.4, -0.2) is 29.1 Å². The molecule has 4 N–H and O–H groups in total. The van der Waals surface area contributed by atoms with Gasteiger partial charge in [0.1, 0.15) is 0 Å². The number of nitrogens with one attached hydrogen (secondary N) is 4. The summed E-state index contributed by atoms with van der Waals surface area (Å²) in [5, 5.41) is 6.77. The predicted molar refractivity (Wildman–Crippen MR) is 74.7 cm³/mol. The molecule has 1 aromatic carbocycles. The number of aromatic amines is 2. The topological polar surface area (TPSA) is 89.8 Å². The number of aromatic nitrogens is 2. The number of rotatable bonds is 2. The molecule has 6 nitrogen and oxygen atoms in total. The van der Waals surface area contributed by atoms with Crippen molar-refractivity contribution in [3.63, 3.8) is 0 Å². The molecular formula is C13H16N4O2. The van der Waals surface area contributed by atoms with E-state index in [4.69, 9.17) is 0 Å². The van der Waals surface area contributed by atoms with Crippen LogP contribution in [0.25, 0.3) is 11.0 Å². The molecule has 1 aromatic heterocycles. The van der Waals surface area contributed by atoms with Crippen molar-refractivity contribution in [1.29, 1.82) is 0 Å². The van der Waals surface area contributed by atoms with E-state index in [-0.39, 0.29) is 0 Å². The molecule has 1 atom stereocenters. The van der Waals surface area contributed by atoms with Gasteiger partial charge in [-0.1, -0.05) is 0 Å². The van der Waals surface area contributed by atoms with Crippen LogP contribution in [0.3, 0.4) is 0 Å². The van der Waals surface area contributed by atoms with Gasteiger partial charge >= 0.3 is 11.1 Å². The van der Waals surface area contributed by atoms with Crippen molar-refractivity contribution in [2.24, 2.45) is 0 Å². The molecule has 0 spiro atoms. The Morgan fingerprint density at radius 1 is 1.11 bits per heavy atom. The summed E-state index contributed by atoms with van der Waals surface area (Å²) in [4.78, 5) is 27.6. The first-order chi connectivity index (χ1) is 9.22. The lowest BCUT2D eigenvalue weighted by atomic mass is 10.1. The van der Waals surface area contributed by atoms with E-state index in [9.17, 15) is 9.59 Å². The van der Waals surface area contributed by atoms with E-state index >= 15 is 0 Å². The first-order valence-electron chi connectivity index (χ1n) is 6.46. The highest BCUT2D eigenvalue weighted by Crippen LogP contribution is 2.16. The molecule has 100 valence electrons. The van der Waals surface area contributed by atoms with Gasteiger partial charge in [-0.2, -0.15) is 0 Å². The molecule has 2 heterocycles. The van der Waals surface area contributed by atoms with Crippen LogP contribution in [0.2, 0.25) is 0 Å². The Bertz CT molecular complexity index is 698. The SMILES string of the molecule is O=c1[nH]c2ccc(NC3CCCNC3)cc2[nH]c1=O. The fourth-order valence-corrected chi connectivity index (χ4v) is 2.42. The molecular weight excluding hydrogens is 244 g/mol. The second-order valence-corrected chi connectivity index (χ2v) is 4.86. The van der Waals surface area contributed by atoms with Gasteiger partial charge in [0.15, 0.2) is 0 Å². The van der Waals surface area contributed by atoms with Gasteiger partial charge in [0.2, 0.25) is 0 Å². The van der Waals surface area contributed by atoms with Crippen LogP contribution in [0, 0.1) is 0 Å².